The van der Waals surface area contributed by atoms with Crippen LogP contribution in [0.3, 0.4) is 0 Å². The van der Waals surface area contributed by atoms with Crippen LogP contribution in [0.25, 0.3) is 0 Å². The van der Waals surface area contributed by atoms with Crippen LogP contribution in [0, 0.1) is 5.41 Å². The van der Waals surface area contributed by atoms with Gasteiger partial charge in [-0.3, -0.25) is 4.79 Å². The summed E-state index contributed by atoms with van der Waals surface area (Å²) in [6.45, 7) is 1.05. The second-order valence-electron chi connectivity index (χ2n) is 5.33. The summed E-state index contributed by atoms with van der Waals surface area (Å²) in [5.41, 5.74) is 0.137. The third-order valence-electron chi connectivity index (χ3n) is 4.61. The molecule has 0 aromatic heterocycles. The molecule has 1 saturated heterocycles. The number of carbonyl (C=O) groups is 1. The molecule has 2 fully saturated rings. The molecule has 0 bridgehead atoms. The summed E-state index contributed by atoms with van der Waals surface area (Å²) in [5.74, 6) is -0.669. The van der Waals surface area contributed by atoms with Gasteiger partial charge in [0.2, 0.25) is 0 Å². The normalized spacial score (nSPS) is 23.8. The van der Waals surface area contributed by atoms with E-state index in [9.17, 15) is 9.90 Å². The van der Waals surface area contributed by atoms with Crippen LogP contribution in [-0.4, -0.2) is 24.3 Å². The Morgan fingerprint density at radius 3 is 2.44 bits per heavy atom. The van der Waals surface area contributed by atoms with Gasteiger partial charge >= 0.3 is 5.97 Å². The van der Waals surface area contributed by atoms with Gasteiger partial charge in [-0.25, -0.2) is 0 Å². The molecular formula is C14H15BrO3. The highest BCUT2D eigenvalue weighted by molar-refractivity contribution is 9.10. The molecule has 1 aromatic rings. The van der Waals surface area contributed by atoms with Crippen molar-refractivity contribution in [2.75, 3.05) is 13.2 Å². The lowest BCUT2D eigenvalue weighted by Gasteiger charge is -2.57. The Bertz CT molecular complexity index is 490. The predicted octanol–water partition coefficient (Wildman–Crippen LogP) is 2.97. The van der Waals surface area contributed by atoms with Crippen molar-refractivity contribution in [3.05, 3.63) is 34.3 Å². The van der Waals surface area contributed by atoms with Crippen LogP contribution in [0.2, 0.25) is 0 Å². The standard InChI is InChI=1S/C14H15BrO3/c15-11-4-1-3-10(7-11)14(8-18-9-14)13(12(16)17)5-2-6-13/h1,3-4,7H,2,5-6,8-9H2,(H,16,17). The van der Waals surface area contributed by atoms with Crippen molar-refractivity contribution in [1.82, 2.24) is 0 Å². The smallest absolute Gasteiger partial charge is 0.310 e. The van der Waals surface area contributed by atoms with E-state index >= 15 is 0 Å². The van der Waals surface area contributed by atoms with Crippen molar-refractivity contribution in [1.29, 1.82) is 0 Å². The van der Waals surface area contributed by atoms with Crippen molar-refractivity contribution in [3.8, 4) is 0 Å². The molecule has 0 unspecified atom stereocenters. The molecule has 0 spiro atoms. The Balaban J connectivity index is 2.07. The fraction of sp³-hybridized carbons (Fsp3) is 0.500. The first-order valence-corrected chi connectivity index (χ1v) is 6.97. The maximum absolute atomic E-state index is 11.7. The van der Waals surface area contributed by atoms with Crippen molar-refractivity contribution in [3.63, 3.8) is 0 Å². The van der Waals surface area contributed by atoms with E-state index in [4.69, 9.17) is 4.74 Å². The van der Waals surface area contributed by atoms with Crippen LogP contribution < -0.4 is 0 Å². The molecule has 1 aliphatic carbocycles. The number of hydrogen-bond donors (Lipinski definition) is 1. The molecule has 4 heteroatoms. The van der Waals surface area contributed by atoms with E-state index in [1.807, 2.05) is 24.3 Å². The summed E-state index contributed by atoms with van der Waals surface area (Å²) < 4.78 is 6.38. The Hall–Kier alpha value is -0.870. The summed E-state index contributed by atoms with van der Waals surface area (Å²) in [4.78, 5) is 11.7. The zero-order valence-electron chi connectivity index (χ0n) is 9.99. The number of carboxylic acids is 1. The quantitative estimate of drug-likeness (QED) is 0.933. The Kier molecular flexibility index (Phi) is 2.75. The highest BCUT2D eigenvalue weighted by Gasteiger charge is 2.64. The van der Waals surface area contributed by atoms with Crippen LogP contribution in [0.1, 0.15) is 24.8 Å². The zero-order valence-corrected chi connectivity index (χ0v) is 11.6. The van der Waals surface area contributed by atoms with Crippen LogP contribution in [-0.2, 0) is 14.9 Å². The molecular weight excluding hydrogens is 296 g/mol. The average molecular weight is 311 g/mol. The van der Waals surface area contributed by atoms with Crippen LogP contribution in [0.5, 0.6) is 0 Å². The minimum absolute atomic E-state index is 0.332. The Morgan fingerprint density at radius 1 is 1.33 bits per heavy atom. The number of carboxylic acid groups (broad SMARTS) is 1. The van der Waals surface area contributed by atoms with E-state index in [1.165, 1.54) is 0 Å². The van der Waals surface area contributed by atoms with E-state index in [0.29, 0.717) is 13.2 Å². The van der Waals surface area contributed by atoms with Gasteiger partial charge in [0.1, 0.15) is 0 Å². The lowest BCUT2D eigenvalue weighted by molar-refractivity contribution is -0.192. The first kappa shape index (κ1) is 12.2. The summed E-state index contributed by atoms with van der Waals surface area (Å²) >= 11 is 3.46. The van der Waals surface area contributed by atoms with Gasteiger partial charge in [-0.05, 0) is 30.5 Å². The van der Waals surface area contributed by atoms with E-state index in [-0.39, 0.29) is 5.41 Å². The van der Waals surface area contributed by atoms with Gasteiger partial charge in [0, 0.05) is 4.47 Å². The van der Waals surface area contributed by atoms with E-state index < -0.39 is 11.4 Å². The molecule has 0 atom stereocenters. The molecule has 1 saturated carbocycles. The molecule has 18 heavy (non-hydrogen) atoms. The fourth-order valence-corrected chi connectivity index (χ4v) is 3.64. The second kappa shape index (κ2) is 4.07. The predicted molar refractivity (Wildman–Crippen MR) is 70.6 cm³/mol. The minimum Gasteiger partial charge on any atom is -0.481 e. The van der Waals surface area contributed by atoms with E-state index in [2.05, 4.69) is 15.9 Å². The van der Waals surface area contributed by atoms with Crippen molar-refractivity contribution < 1.29 is 14.6 Å². The van der Waals surface area contributed by atoms with Gasteiger partial charge in [0.25, 0.3) is 0 Å². The van der Waals surface area contributed by atoms with E-state index in [1.54, 1.807) is 0 Å². The number of ether oxygens (including phenoxy) is 1. The molecule has 0 amide bonds. The van der Waals surface area contributed by atoms with Crippen molar-refractivity contribution >= 4 is 21.9 Å². The number of aliphatic carboxylic acids is 1. The summed E-state index contributed by atoms with van der Waals surface area (Å²) in [6, 6.07) is 7.99. The van der Waals surface area contributed by atoms with E-state index in [0.717, 1.165) is 29.3 Å². The van der Waals surface area contributed by atoms with Crippen LogP contribution in [0.15, 0.2) is 28.7 Å². The van der Waals surface area contributed by atoms with Gasteiger partial charge in [0.15, 0.2) is 0 Å². The molecule has 1 N–H and O–H groups in total. The highest BCUT2D eigenvalue weighted by Crippen LogP contribution is 2.58. The van der Waals surface area contributed by atoms with Crippen LogP contribution in [0.4, 0.5) is 0 Å². The molecule has 96 valence electrons. The highest BCUT2D eigenvalue weighted by atomic mass is 79.9. The monoisotopic (exact) mass is 310 g/mol. The second-order valence-corrected chi connectivity index (χ2v) is 6.24. The molecule has 1 aromatic carbocycles. The summed E-state index contributed by atoms with van der Waals surface area (Å²) in [7, 11) is 0. The Labute approximate surface area is 114 Å². The van der Waals surface area contributed by atoms with Gasteiger partial charge in [-0.1, -0.05) is 34.5 Å². The van der Waals surface area contributed by atoms with Gasteiger partial charge in [0.05, 0.1) is 24.0 Å². The molecule has 3 rings (SSSR count). The maximum atomic E-state index is 11.7. The van der Waals surface area contributed by atoms with Crippen molar-refractivity contribution in [2.24, 2.45) is 5.41 Å². The summed E-state index contributed by atoms with van der Waals surface area (Å²) in [6.07, 6.45) is 2.53. The first-order chi connectivity index (χ1) is 8.61. The zero-order chi connectivity index (χ0) is 12.8. The number of rotatable bonds is 3. The number of halogens is 1. The SMILES string of the molecule is O=C(O)C1(C2(c3cccc(Br)c3)COC2)CCC1. The van der Waals surface area contributed by atoms with Gasteiger partial charge in [-0.15, -0.1) is 0 Å². The van der Waals surface area contributed by atoms with Crippen LogP contribution >= 0.6 is 15.9 Å². The molecule has 3 nitrogen and oxygen atoms in total. The number of hydrogen-bond acceptors (Lipinski definition) is 2. The fourth-order valence-electron chi connectivity index (χ4n) is 3.24. The molecule has 1 aliphatic heterocycles. The maximum Gasteiger partial charge on any atom is 0.310 e. The van der Waals surface area contributed by atoms with Gasteiger partial charge in [-0.2, -0.15) is 0 Å². The molecule has 2 aliphatic rings. The third-order valence-corrected chi connectivity index (χ3v) is 5.10. The molecule has 0 radical (unpaired) electrons. The Morgan fingerprint density at radius 2 is 2.06 bits per heavy atom. The minimum atomic E-state index is -0.669. The lowest BCUT2D eigenvalue weighted by atomic mass is 9.50. The van der Waals surface area contributed by atoms with Crippen molar-refractivity contribution in [2.45, 2.75) is 24.7 Å². The lowest BCUT2D eigenvalue weighted by Crippen LogP contribution is -2.64. The summed E-state index contributed by atoms with van der Waals surface area (Å²) in [5, 5.41) is 9.65. The average Bonchev–Trinajstić information content (AvgIpc) is 2.19. The first-order valence-electron chi connectivity index (χ1n) is 6.18. The third kappa shape index (κ3) is 1.42. The largest absolute Gasteiger partial charge is 0.481 e. The molecule has 1 heterocycles. The number of benzene rings is 1. The topological polar surface area (TPSA) is 46.5 Å². The van der Waals surface area contributed by atoms with Gasteiger partial charge < -0.3 is 9.84 Å².